The molecule has 4 heteroatoms. The van der Waals surface area contributed by atoms with Gasteiger partial charge in [0.05, 0.1) is 18.3 Å². The predicted molar refractivity (Wildman–Crippen MR) is 82.6 cm³/mol. The largest absolute Gasteiger partial charge is 0.372 e. The van der Waals surface area contributed by atoms with Crippen LogP contribution < -0.4 is 5.32 Å². The number of hydrogen-bond donors (Lipinski definition) is 1. The number of rotatable bonds is 4. The van der Waals surface area contributed by atoms with Crippen molar-refractivity contribution < 1.29 is 9.13 Å². The fourth-order valence-electron chi connectivity index (χ4n) is 2.75. The second-order valence-corrected chi connectivity index (χ2v) is 5.35. The van der Waals surface area contributed by atoms with Crippen LogP contribution in [0, 0.1) is 17.1 Å². The summed E-state index contributed by atoms with van der Waals surface area (Å²) in [7, 11) is 0. The standard InChI is InChI=1S/C18H17FN2O/c19-18-7-6-15(13-4-2-1-3-5-13)17(16(18)10-20)12-22-14-8-9-21-11-14/h1-7,14,21H,8-9,11-12H2. The second kappa shape index (κ2) is 6.69. The molecular weight excluding hydrogens is 279 g/mol. The van der Waals surface area contributed by atoms with Crippen LogP contribution in [0.4, 0.5) is 4.39 Å². The molecule has 0 saturated carbocycles. The average molecular weight is 296 g/mol. The molecule has 112 valence electrons. The van der Waals surface area contributed by atoms with Crippen LogP contribution in [0.2, 0.25) is 0 Å². The minimum atomic E-state index is -0.495. The Morgan fingerprint density at radius 2 is 2.05 bits per heavy atom. The molecule has 1 heterocycles. The van der Waals surface area contributed by atoms with Crippen LogP contribution in [0.1, 0.15) is 17.5 Å². The van der Waals surface area contributed by atoms with Crippen molar-refractivity contribution in [1.82, 2.24) is 5.32 Å². The molecule has 0 aliphatic carbocycles. The van der Waals surface area contributed by atoms with Crippen LogP contribution in [-0.2, 0) is 11.3 Å². The Balaban J connectivity index is 1.97. The Kier molecular flexibility index (Phi) is 4.47. The lowest BCUT2D eigenvalue weighted by Gasteiger charge is -2.15. The molecule has 1 N–H and O–H groups in total. The minimum Gasteiger partial charge on any atom is -0.372 e. The summed E-state index contributed by atoms with van der Waals surface area (Å²) in [6.07, 6.45) is 1.07. The molecule has 0 radical (unpaired) electrons. The summed E-state index contributed by atoms with van der Waals surface area (Å²) in [6.45, 7) is 1.99. The van der Waals surface area contributed by atoms with Gasteiger partial charge in [-0.3, -0.25) is 0 Å². The summed E-state index contributed by atoms with van der Waals surface area (Å²) in [5, 5.41) is 12.5. The zero-order valence-corrected chi connectivity index (χ0v) is 12.2. The van der Waals surface area contributed by atoms with Crippen LogP contribution in [0.3, 0.4) is 0 Å². The van der Waals surface area contributed by atoms with E-state index in [1.165, 1.54) is 6.07 Å². The van der Waals surface area contributed by atoms with Gasteiger partial charge < -0.3 is 10.1 Å². The van der Waals surface area contributed by atoms with E-state index < -0.39 is 5.82 Å². The third-order valence-electron chi connectivity index (χ3n) is 3.94. The Morgan fingerprint density at radius 1 is 1.23 bits per heavy atom. The van der Waals surface area contributed by atoms with Crippen molar-refractivity contribution in [2.75, 3.05) is 13.1 Å². The van der Waals surface area contributed by atoms with E-state index in [1.807, 2.05) is 36.4 Å². The van der Waals surface area contributed by atoms with Crippen molar-refractivity contribution in [2.24, 2.45) is 0 Å². The molecule has 22 heavy (non-hydrogen) atoms. The van der Waals surface area contributed by atoms with Gasteiger partial charge >= 0.3 is 0 Å². The molecule has 0 aromatic heterocycles. The molecule has 1 saturated heterocycles. The lowest BCUT2D eigenvalue weighted by molar-refractivity contribution is 0.0542. The van der Waals surface area contributed by atoms with E-state index in [0.29, 0.717) is 5.56 Å². The Labute approximate surface area is 129 Å². The van der Waals surface area contributed by atoms with E-state index in [2.05, 4.69) is 5.32 Å². The van der Waals surface area contributed by atoms with E-state index in [-0.39, 0.29) is 18.3 Å². The first-order valence-electron chi connectivity index (χ1n) is 7.39. The molecule has 2 aromatic carbocycles. The molecular formula is C18H17FN2O. The van der Waals surface area contributed by atoms with Gasteiger partial charge in [0.1, 0.15) is 11.9 Å². The topological polar surface area (TPSA) is 45.0 Å². The van der Waals surface area contributed by atoms with Gasteiger partial charge in [-0.1, -0.05) is 36.4 Å². The maximum Gasteiger partial charge on any atom is 0.141 e. The maximum atomic E-state index is 14.0. The fraction of sp³-hybridized carbons (Fsp3) is 0.278. The number of nitrogens with one attached hydrogen (secondary N) is 1. The summed E-state index contributed by atoms with van der Waals surface area (Å²) in [4.78, 5) is 0. The molecule has 3 nitrogen and oxygen atoms in total. The summed E-state index contributed by atoms with van der Waals surface area (Å²) >= 11 is 0. The van der Waals surface area contributed by atoms with Gasteiger partial charge in [0.2, 0.25) is 0 Å². The van der Waals surface area contributed by atoms with Crippen molar-refractivity contribution in [1.29, 1.82) is 5.26 Å². The quantitative estimate of drug-likeness (QED) is 0.942. The molecule has 3 rings (SSSR count). The van der Waals surface area contributed by atoms with E-state index in [9.17, 15) is 9.65 Å². The highest BCUT2D eigenvalue weighted by Gasteiger charge is 2.19. The first kappa shape index (κ1) is 14.7. The molecule has 1 fully saturated rings. The van der Waals surface area contributed by atoms with Crippen molar-refractivity contribution in [3.05, 3.63) is 59.4 Å². The summed E-state index contributed by atoms with van der Waals surface area (Å²) in [5.74, 6) is -0.495. The van der Waals surface area contributed by atoms with Gasteiger partial charge in [0.15, 0.2) is 0 Å². The number of benzene rings is 2. The Morgan fingerprint density at radius 3 is 2.73 bits per heavy atom. The van der Waals surface area contributed by atoms with E-state index >= 15 is 0 Å². The number of nitrogens with zero attached hydrogens (tertiary/aromatic N) is 1. The van der Waals surface area contributed by atoms with Gasteiger partial charge in [-0.15, -0.1) is 0 Å². The van der Waals surface area contributed by atoms with Crippen molar-refractivity contribution in [3.63, 3.8) is 0 Å². The van der Waals surface area contributed by atoms with E-state index in [1.54, 1.807) is 6.07 Å². The highest BCUT2D eigenvalue weighted by molar-refractivity contribution is 5.70. The van der Waals surface area contributed by atoms with Crippen LogP contribution in [0.15, 0.2) is 42.5 Å². The normalized spacial score (nSPS) is 17.4. The average Bonchev–Trinajstić information content (AvgIpc) is 3.07. The first-order chi connectivity index (χ1) is 10.8. The summed E-state index contributed by atoms with van der Waals surface area (Å²) in [5.41, 5.74) is 2.51. The fourth-order valence-corrected chi connectivity index (χ4v) is 2.75. The van der Waals surface area contributed by atoms with E-state index in [0.717, 1.165) is 30.6 Å². The molecule has 2 aromatic rings. The smallest absolute Gasteiger partial charge is 0.141 e. The van der Waals surface area contributed by atoms with Crippen LogP contribution >= 0.6 is 0 Å². The molecule has 1 atom stereocenters. The van der Waals surface area contributed by atoms with Gasteiger partial charge in [-0.2, -0.15) is 5.26 Å². The highest BCUT2D eigenvalue weighted by Crippen LogP contribution is 2.29. The van der Waals surface area contributed by atoms with Gasteiger partial charge in [0, 0.05) is 12.1 Å². The summed E-state index contributed by atoms with van der Waals surface area (Å²) in [6, 6.07) is 14.7. The first-order valence-corrected chi connectivity index (χ1v) is 7.39. The number of nitriles is 1. The zero-order valence-electron chi connectivity index (χ0n) is 12.2. The molecule has 1 aliphatic rings. The maximum absolute atomic E-state index is 14.0. The van der Waals surface area contributed by atoms with Crippen molar-refractivity contribution in [2.45, 2.75) is 19.1 Å². The molecule has 0 bridgehead atoms. The predicted octanol–water partition coefficient (Wildman–Crippen LogP) is 3.24. The Bertz CT molecular complexity index is 688. The Hall–Kier alpha value is -2.22. The number of hydrogen-bond acceptors (Lipinski definition) is 3. The SMILES string of the molecule is N#Cc1c(F)ccc(-c2ccccc2)c1COC1CCNC1. The number of ether oxygens (including phenoxy) is 1. The number of halogens is 1. The molecule has 0 spiro atoms. The van der Waals surface area contributed by atoms with Gasteiger partial charge in [-0.25, -0.2) is 4.39 Å². The van der Waals surface area contributed by atoms with E-state index in [4.69, 9.17) is 4.74 Å². The van der Waals surface area contributed by atoms with Gasteiger partial charge in [0.25, 0.3) is 0 Å². The third kappa shape index (κ3) is 3.01. The lowest BCUT2D eigenvalue weighted by Crippen LogP contribution is -2.17. The monoisotopic (exact) mass is 296 g/mol. The van der Waals surface area contributed by atoms with Crippen LogP contribution in [0.5, 0.6) is 0 Å². The second-order valence-electron chi connectivity index (χ2n) is 5.35. The zero-order chi connectivity index (χ0) is 15.4. The van der Waals surface area contributed by atoms with Gasteiger partial charge in [-0.05, 0) is 30.2 Å². The summed E-state index contributed by atoms with van der Waals surface area (Å²) < 4.78 is 19.8. The molecule has 0 amide bonds. The third-order valence-corrected chi connectivity index (χ3v) is 3.94. The molecule has 1 aliphatic heterocycles. The highest BCUT2D eigenvalue weighted by atomic mass is 19.1. The van der Waals surface area contributed by atoms with Crippen LogP contribution in [0.25, 0.3) is 11.1 Å². The van der Waals surface area contributed by atoms with Crippen molar-refractivity contribution >= 4 is 0 Å². The van der Waals surface area contributed by atoms with Crippen molar-refractivity contribution in [3.8, 4) is 17.2 Å². The molecule has 1 unspecified atom stereocenters. The van der Waals surface area contributed by atoms with Crippen LogP contribution in [-0.4, -0.2) is 19.2 Å². The minimum absolute atomic E-state index is 0.0762. The lowest BCUT2D eigenvalue weighted by atomic mass is 9.96.